The highest BCUT2D eigenvalue weighted by molar-refractivity contribution is 7.09. The van der Waals surface area contributed by atoms with Gasteiger partial charge in [0.15, 0.2) is 0 Å². The van der Waals surface area contributed by atoms with Crippen LogP contribution in [0.2, 0.25) is 0 Å². The second-order valence-electron chi connectivity index (χ2n) is 5.36. The summed E-state index contributed by atoms with van der Waals surface area (Å²) in [6, 6.07) is 8.09. The van der Waals surface area contributed by atoms with E-state index < -0.39 is 0 Å². The van der Waals surface area contributed by atoms with Gasteiger partial charge in [0.2, 0.25) is 0 Å². The average Bonchev–Trinajstić information content (AvgIpc) is 2.86. The van der Waals surface area contributed by atoms with Crippen molar-refractivity contribution in [2.24, 2.45) is 5.92 Å². The number of aromatic nitrogens is 1. The molecule has 2 aromatic rings. The second kappa shape index (κ2) is 7.41. The van der Waals surface area contributed by atoms with Gasteiger partial charge in [0.25, 0.3) is 0 Å². The summed E-state index contributed by atoms with van der Waals surface area (Å²) in [6.07, 6.45) is 0. The molecule has 1 N–H and O–H groups in total. The van der Waals surface area contributed by atoms with Crippen molar-refractivity contribution in [3.8, 4) is 5.75 Å². The van der Waals surface area contributed by atoms with Crippen LogP contribution in [0.4, 0.5) is 0 Å². The molecule has 0 fully saturated rings. The topological polar surface area (TPSA) is 34.1 Å². The van der Waals surface area contributed by atoms with Crippen molar-refractivity contribution >= 4 is 11.3 Å². The lowest BCUT2D eigenvalue weighted by atomic mass is 10.2. The van der Waals surface area contributed by atoms with Crippen LogP contribution in [0.1, 0.15) is 30.1 Å². The molecule has 0 aliphatic rings. The predicted octanol–water partition coefficient (Wildman–Crippen LogP) is 3.78. The summed E-state index contributed by atoms with van der Waals surface area (Å²) in [6.45, 7) is 8.87. The number of ether oxygens (including phenoxy) is 1. The van der Waals surface area contributed by atoms with E-state index in [4.69, 9.17) is 4.74 Å². The van der Waals surface area contributed by atoms with Crippen LogP contribution >= 0.6 is 11.3 Å². The minimum atomic E-state index is 0.531. The summed E-state index contributed by atoms with van der Waals surface area (Å²) >= 11 is 1.69. The number of hydrogen-bond acceptors (Lipinski definition) is 4. The van der Waals surface area contributed by atoms with Gasteiger partial charge in [-0.1, -0.05) is 31.5 Å². The van der Waals surface area contributed by atoms with Crippen molar-refractivity contribution in [3.05, 3.63) is 45.9 Å². The van der Waals surface area contributed by atoms with Crippen LogP contribution in [0.3, 0.4) is 0 Å². The fraction of sp³-hybridized carbons (Fsp3) is 0.438. The molecule has 0 atom stereocenters. The van der Waals surface area contributed by atoms with Gasteiger partial charge in [-0.25, -0.2) is 4.98 Å². The van der Waals surface area contributed by atoms with Crippen molar-refractivity contribution in [2.75, 3.05) is 6.54 Å². The number of rotatable bonds is 7. The standard InChI is InChI=1S/C16H22N2OS/c1-12(2)8-17-9-16-18-14(11-20-16)10-19-15-6-4-13(3)5-7-15/h4-7,11-12,17H,8-10H2,1-3H3. The average molecular weight is 290 g/mol. The molecule has 4 heteroatoms. The van der Waals surface area contributed by atoms with Crippen LogP contribution in [0, 0.1) is 12.8 Å². The Hall–Kier alpha value is -1.39. The smallest absolute Gasteiger partial charge is 0.131 e. The van der Waals surface area contributed by atoms with E-state index >= 15 is 0 Å². The van der Waals surface area contributed by atoms with Crippen LogP contribution < -0.4 is 10.1 Å². The lowest BCUT2D eigenvalue weighted by Gasteiger charge is -2.05. The number of nitrogens with one attached hydrogen (secondary N) is 1. The van der Waals surface area contributed by atoms with Gasteiger partial charge in [0, 0.05) is 11.9 Å². The van der Waals surface area contributed by atoms with Crippen LogP contribution in [0.5, 0.6) is 5.75 Å². The third kappa shape index (κ3) is 4.94. The number of thiazole rings is 1. The number of benzene rings is 1. The Morgan fingerprint density at radius 2 is 2.00 bits per heavy atom. The lowest BCUT2D eigenvalue weighted by Crippen LogP contribution is -2.18. The molecule has 0 aliphatic carbocycles. The Balaban J connectivity index is 1.79. The maximum absolute atomic E-state index is 5.73. The first kappa shape index (κ1) is 15.0. The minimum absolute atomic E-state index is 0.531. The molecule has 1 aromatic heterocycles. The number of hydrogen-bond donors (Lipinski definition) is 1. The fourth-order valence-corrected chi connectivity index (χ4v) is 2.50. The van der Waals surface area contributed by atoms with E-state index in [0.29, 0.717) is 12.5 Å². The van der Waals surface area contributed by atoms with Crippen LogP contribution in [-0.2, 0) is 13.2 Å². The summed E-state index contributed by atoms with van der Waals surface area (Å²) in [5.41, 5.74) is 2.24. The zero-order chi connectivity index (χ0) is 14.4. The minimum Gasteiger partial charge on any atom is -0.487 e. The molecular formula is C16H22N2OS. The van der Waals surface area contributed by atoms with Gasteiger partial charge < -0.3 is 10.1 Å². The van der Waals surface area contributed by atoms with Crippen LogP contribution in [-0.4, -0.2) is 11.5 Å². The normalized spacial score (nSPS) is 11.0. The molecule has 0 aliphatic heterocycles. The largest absolute Gasteiger partial charge is 0.487 e. The molecule has 0 saturated carbocycles. The molecule has 108 valence electrons. The van der Waals surface area contributed by atoms with Gasteiger partial charge >= 0.3 is 0 Å². The molecule has 0 radical (unpaired) electrons. The van der Waals surface area contributed by atoms with E-state index in [0.717, 1.165) is 29.5 Å². The summed E-state index contributed by atoms with van der Waals surface area (Å²) in [5, 5.41) is 6.59. The van der Waals surface area contributed by atoms with Gasteiger partial charge in [0.05, 0.1) is 5.69 Å². The summed E-state index contributed by atoms with van der Waals surface area (Å²) in [4.78, 5) is 4.57. The van der Waals surface area contributed by atoms with E-state index in [1.165, 1.54) is 5.56 Å². The highest BCUT2D eigenvalue weighted by atomic mass is 32.1. The van der Waals surface area contributed by atoms with E-state index in [2.05, 4.69) is 48.6 Å². The van der Waals surface area contributed by atoms with Gasteiger partial charge in [-0.3, -0.25) is 0 Å². The first-order valence-corrected chi connectivity index (χ1v) is 7.85. The molecule has 0 bridgehead atoms. The molecule has 1 aromatic carbocycles. The fourth-order valence-electron chi connectivity index (χ4n) is 1.76. The van der Waals surface area contributed by atoms with Gasteiger partial charge in [-0.05, 0) is 31.5 Å². The molecule has 1 heterocycles. The van der Waals surface area contributed by atoms with E-state index in [1.54, 1.807) is 11.3 Å². The maximum atomic E-state index is 5.73. The van der Waals surface area contributed by atoms with Crippen molar-refractivity contribution < 1.29 is 4.74 Å². The molecule has 2 rings (SSSR count). The predicted molar refractivity (Wildman–Crippen MR) is 84.2 cm³/mol. The van der Waals surface area contributed by atoms with E-state index in [-0.39, 0.29) is 0 Å². The van der Waals surface area contributed by atoms with E-state index in [9.17, 15) is 0 Å². The Bertz CT molecular complexity index is 520. The molecule has 0 amide bonds. The Morgan fingerprint density at radius 1 is 1.25 bits per heavy atom. The van der Waals surface area contributed by atoms with Crippen molar-refractivity contribution in [3.63, 3.8) is 0 Å². The van der Waals surface area contributed by atoms with Crippen molar-refractivity contribution in [2.45, 2.75) is 33.9 Å². The first-order chi connectivity index (χ1) is 9.63. The zero-order valence-electron chi connectivity index (χ0n) is 12.3. The molecule has 0 spiro atoms. The van der Waals surface area contributed by atoms with Gasteiger partial charge in [0.1, 0.15) is 17.4 Å². The summed E-state index contributed by atoms with van der Waals surface area (Å²) in [7, 11) is 0. The molecular weight excluding hydrogens is 268 g/mol. The monoisotopic (exact) mass is 290 g/mol. The molecule has 0 unspecified atom stereocenters. The van der Waals surface area contributed by atoms with Gasteiger partial charge in [-0.15, -0.1) is 11.3 Å². The quantitative estimate of drug-likeness (QED) is 0.842. The Labute approximate surface area is 125 Å². The summed E-state index contributed by atoms with van der Waals surface area (Å²) in [5.74, 6) is 1.56. The number of nitrogens with zero attached hydrogens (tertiary/aromatic N) is 1. The highest BCUT2D eigenvalue weighted by Crippen LogP contribution is 2.15. The van der Waals surface area contributed by atoms with Crippen molar-refractivity contribution in [1.29, 1.82) is 0 Å². The van der Waals surface area contributed by atoms with E-state index in [1.807, 2.05) is 12.1 Å². The van der Waals surface area contributed by atoms with Gasteiger partial charge in [-0.2, -0.15) is 0 Å². The SMILES string of the molecule is Cc1ccc(OCc2csc(CNCC(C)C)n2)cc1. The van der Waals surface area contributed by atoms with Crippen molar-refractivity contribution in [1.82, 2.24) is 10.3 Å². The Morgan fingerprint density at radius 3 is 2.70 bits per heavy atom. The lowest BCUT2D eigenvalue weighted by molar-refractivity contribution is 0.302. The maximum Gasteiger partial charge on any atom is 0.131 e. The number of aryl methyl sites for hydroxylation is 1. The summed E-state index contributed by atoms with van der Waals surface area (Å²) < 4.78 is 5.73. The third-order valence-electron chi connectivity index (χ3n) is 2.84. The molecule has 3 nitrogen and oxygen atoms in total. The Kier molecular flexibility index (Phi) is 5.56. The third-order valence-corrected chi connectivity index (χ3v) is 3.73. The zero-order valence-corrected chi connectivity index (χ0v) is 13.2. The molecule has 20 heavy (non-hydrogen) atoms. The second-order valence-corrected chi connectivity index (χ2v) is 6.30. The first-order valence-electron chi connectivity index (χ1n) is 6.97. The highest BCUT2D eigenvalue weighted by Gasteiger charge is 2.03. The van der Waals surface area contributed by atoms with Crippen LogP contribution in [0.25, 0.3) is 0 Å². The molecule has 0 saturated heterocycles. The van der Waals surface area contributed by atoms with Crippen LogP contribution in [0.15, 0.2) is 29.6 Å².